The van der Waals surface area contributed by atoms with Crippen molar-refractivity contribution in [2.45, 2.75) is 18.9 Å². The fourth-order valence-corrected chi connectivity index (χ4v) is 2.95. The van der Waals surface area contributed by atoms with Crippen molar-refractivity contribution in [3.8, 4) is 11.1 Å². The SMILES string of the molecule is O=C(NC1CC1)c1ccc(NC(=O)c2ccccc2-c2ccccc2)cc1. The minimum atomic E-state index is -0.176. The minimum Gasteiger partial charge on any atom is -0.349 e. The summed E-state index contributed by atoms with van der Waals surface area (Å²) in [4.78, 5) is 24.8. The lowest BCUT2D eigenvalue weighted by molar-refractivity contribution is 0.0950. The van der Waals surface area contributed by atoms with E-state index in [1.807, 2.05) is 54.6 Å². The molecule has 0 spiro atoms. The standard InChI is InChI=1S/C23H20N2O2/c26-22(24-19-14-15-19)17-10-12-18(13-11-17)25-23(27)21-9-5-4-8-20(21)16-6-2-1-3-7-16/h1-13,19H,14-15H2,(H,24,26)(H,25,27). The van der Waals surface area contributed by atoms with Gasteiger partial charge in [-0.05, 0) is 54.3 Å². The Hall–Kier alpha value is -3.40. The average Bonchev–Trinajstić information content (AvgIpc) is 3.53. The van der Waals surface area contributed by atoms with Crippen molar-refractivity contribution in [3.63, 3.8) is 0 Å². The highest BCUT2D eigenvalue weighted by Gasteiger charge is 2.23. The maximum absolute atomic E-state index is 12.8. The predicted molar refractivity (Wildman–Crippen MR) is 107 cm³/mol. The van der Waals surface area contributed by atoms with Crippen LogP contribution in [0.1, 0.15) is 33.6 Å². The van der Waals surface area contributed by atoms with Crippen molar-refractivity contribution < 1.29 is 9.59 Å². The minimum absolute atomic E-state index is 0.0650. The van der Waals surface area contributed by atoms with Crippen molar-refractivity contribution in [3.05, 3.63) is 90.0 Å². The number of amides is 2. The summed E-state index contributed by atoms with van der Waals surface area (Å²) in [6, 6.07) is 24.7. The number of benzene rings is 3. The van der Waals surface area contributed by atoms with E-state index in [1.54, 1.807) is 24.3 Å². The molecule has 27 heavy (non-hydrogen) atoms. The molecule has 4 heteroatoms. The quantitative estimate of drug-likeness (QED) is 0.707. The molecule has 0 heterocycles. The molecule has 0 aliphatic heterocycles. The third-order valence-corrected chi connectivity index (χ3v) is 4.57. The fourth-order valence-electron chi connectivity index (χ4n) is 2.95. The van der Waals surface area contributed by atoms with Crippen LogP contribution in [0.3, 0.4) is 0 Å². The molecule has 0 atom stereocenters. The number of nitrogens with one attached hydrogen (secondary N) is 2. The van der Waals surface area contributed by atoms with E-state index in [4.69, 9.17) is 0 Å². The average molecular weight is 356 g/mol. The van der Waals surface area contributed by atoms with Crippen molar-refractivity contribution in [1.29, 1.82) is 0 Å². The summed E-state index contributed by atoms with van der Waals surface area (Å²) in [6.07, 6.45) is 2.11. The lowest BCUT2D eigenvalue weighted by Gasteiger charge is -2.11. The van der Waals surface area contributed by atoms with Crippen LogP contribution in [0.25, 0.3) is 11.1 Å². The smallest absolute Gasteiger partial charge is 0.256 e. The zero-order valence-electron chi connectivity index (χ0n) is 14.8. The van der Waals surface area contributed by atoms with Gasteiger partial charge in [-0.25, -0.2) is 0 Å². The molecule has 4 rings (SSSR count). The lowest BCUT2D eigenvalue weighted by Crippen LogP contribution is -2.25. The molecule has 3 aromatic carbocycles. The van der Waals surface area contributed by atoms with Crippen LogP contribution in [-0.4, -0.2) is 17.9 Å². The normalized spacial score (nSPS) is 13.0. The van der Waals surface area contributed by atoms with Crippen LogP contribution >= 0.6 is 0 Å². The molecule has 0 saturated heterocycles. The summed E-state index contributed by atoms with van der Waals surface area (Å²) < 4.78 is 0. The van der Waals surface area contributed by atoms with E-state index in [1.165, 1.54) is 0 Å². The zero-order chi connectivity index (χ0) is 18.6. The van der Waals surface area contributed by atoms with Crippen LogP contribution in [0.15, 0.2) is 78.9 Å². The second-order valence-electron chi connectivity index (χ2n) is 6.69. The first-order valence-corrected chi connectivity index (χ1v) is 9.07. The first kappa shape index (κ1) is 17.0. The molecule has 0 aromatic heterocycles. The van der Waals surface area contributed by atoms with Gasteiger partial charge in [-0.3, -0.25) is 9.59 Å². The van der Waals surface area contributed by atoms with Gasteiger partial charge in [-0.2, -0.15) is 0 Å². The first-order valence-electron chi connectivity index (χ1n) is 9.07. The van der Waals surface area contributed by atoms with Crippen LogP contribution in [0.2, 0.25) is 0 Å². The molecule has 1 fully saturated rings. The Bertz CT molecular complexity index is 961. The Morgan fingerprint density at radius 1 is 0.741 bits per heavy atom. The molecular weight excluding hydrogens is 336 g/mol. The summed E-state index contributed by atoms with van der Waals surface area (Å²) in [6.45, 7) is 0. The van der Waals surface area contributed by atoms with Crippen molar-refractivity contribution in [1.82, 2.24) is 5.32 Å². The van der Waals surface area contributed by atoms with Gasteiger partial charge in [0.15, 0.2) is 0 Å². The van der Waals surface area contributed by atoms with Gasteiger partial charge < -0.3 is 10.6 Å². The second kappa shape index (κ2) is 7.46. The van der Waals surface area contributed by atoms with E-state index < -0.39 is 0 Å². The molecule has 0 unspecified atom stereocenters. The summed E-state index contributed by atoms with van der Waals surface area (Å²) in [5.74, 6) is -0.241. The Morgan fingerprint density at radius 3 is 2.11 bits per heavy atom. The topological polar surface area (TPSA) is 58.2 Å². The van der Waals surface area contributed by atoms with E-state index in [9.17, 15) is 9.59 Å². The lowest BCUT2D eigenvalue weighted by atomic mass is 9.99. The van der Waals surface area contributed by atoms with E-state index in [0.29, 0.717) is 22.9 Å². The zero-order valence-corrected chi connectivity index (χ0v) is 14.8. The largest absolute Gasteiger partial charge is 0.349 e. The van der Waals surface area contributed by atoms with Crippen LogP contribution in [0.5, 0.6) is 0 Å². The molecule has 2 N–H and O–H groups in total. The van der Waals surface area contributed by atoms with Gasteiger partial charge in [-0.1, -0.05) is 48.5 Å². The number of carbonyl (C=O) groups is 2. The van der Waals surface area contributed by atoms with Gasteiger partial charge in [0.1, 0.15) is 0 Å². The number of anilines is 1. The first-order chi connectivity index (χ1) is 13.2. The highest BCUT2D eigenvalue weighted by molar-refractivity contribution is 6.08. The summed E-state index contributed by atoms with van der Waals surface area (Å²) in [5, 5.41) is 5.87. The second-order valence-corrected chi connectivity index (χ2v) is 6.69. The summed E-state index contributed by atoms with van der Waals surface area (Å²) in [5.41, 5.74) is 3.75. The molecule has 1 saturated carbocycles. The number of rotatable bonds is 5. The van der Waals surface area contributed by atoms with Crippen LogP contribution in [0.4, 0.5) is 5.69 Å². The van der Waals surface area contributed by atoms with Crippen LogP contribution < -0.4 is 10.6 Å². The molecule has 4 nitrogen and oxygen atoms in total. The van der Waals surface area contributed by atoms with Crippen molar-refractivity contribution in [2.75, 3.05) is 5.32 Å². The Balaban J connectivity index is 1.50. The number of hydrogen-bond acceptors (Lipinski definition) is 2. The van der Waals surface area contributed by atoms with Gasteiger partial charge in [0.2, 0.25) is 0 Å². The van der Waals surface area contributed by atoms with E-state index in [0.717, 1.165) is 24.0 Å². The third kappa shape index (κ3) is 4.06. The molecule has 1 aliphatic carbocycles. The maximum atomic E-state index is 12.8. The number of hydrogen-bond donors (Lipinski definition) is 2. The molecule has 0 bridgehead atoms. The molecule has 0 radical (unpaired) electrons. The molecule has 3 aromatic rings. The summed E-state index contributed by atoms with van der Waals surface area (Å²) in [7, 11) is 0. The highest BCUT2D eigenvalue weighted by Crippen LogP contribution is 2.24. The maximum Gasteiger partial charge on any atom is 0.256 e. The van der Waals surface area contributed by atoms with Gasteiger partial charge in [0.05, 0.1) is 0 Å². The Kier molecular flexibility index (Phi) is 4.71. The van der Waals surface area contributed by atoms with Crippen molar-refractivity contribution >= 4 is 17.5 Å². The highest BCUT2D eigenvalue weighted by atomic mass is 16.2. The van der Waals surface area contributed by atoms with Gasteiger partial charge in [0.25, 0.3) is 11.8 Å². The molecule has 134 valence electrons. The van der Waals surface area contributed by atoms with Gasteiger partial charge in [-0.15, -0.1) is 0 Å². The van der Waals surface area contributed by atoms with Gasteiger partial charge >= 0.3 is 0 Å². The number of carbonyl (C=O) groups excluding carboxylic acids is 2. The Morgan fingerprint density at radius 2 is 1.41 bits per heavy atom. The van der Waals surface area contributed by atoms with E-state index >= 15 is 0 Å². The predicted octanol–water partition coefficient (Wildman–Crippen LogP) is 4.50. The third-order valence-electron chi connectivity index (χ3n) is 4.57. The van der Waals surface area contributed by atoms with Crippen LogP contribution in [-0.2, 0) is 0 Å². The van der Waals surface area contributed by atoms with Crippen LogP contribution in [0, 0.1) is 0 Å². The van der Waals surface area contributed by atoms with E-state index in [-0.39, 0.29) is 11.8 Å². The monoisotopic (exact) mass is 356 g/mol. The summed E-state index contributed by atoms with van der Waals surface area (Å²) >= 11 is 0. The van der Waals surface area contributed by atoms with Gasteiger partial charge in [0, 0.05) is 22.9 Å². The molecule has 2 amide bonds. The molecule has 1 aliphatic rings. The van der Waals surface area contributed by atoms with Crippen molar-refractivity contribution in [2.24, 2.45) is 0 Å². The fraction of sp³-hybridized carbons (Fsp3) is 0.130. The molecular formula is C23H20N2O2. The Labute approximate surface area is 158 Å². The van der Waals surface area contributed by atoms with E-state index in [2.05, 4.69) is 10.6 Å².